The molecule has 4 fully saturated rings. The van der Waals surface area contributed by atoms with Crippen molar-refractivity contribution in [2.24, 2.45) is 33.1 Å². The fourth-order valence-corrected chi connectivity index (χ4v) is 8.50. The van der Waals surface area contributed by atoms with Gasteiger partial charge >= 0.3 is 12.2 Å². The van der Waals surface area contributed by atoms with Gasteiger partial charge in [0.05, 0.1) is 65.1 Å². The summed E-state index contributed by atoms with van der Waals surface area (Å²) in [5.41, 5.74) is 13.2. The maximum atomic E-state index is 11.9. The number of alkyl halides is 10. The summed E-state index contributed by atoms with van der Waals surface area (Å²) in [6.45, 7) is 10.1. The van der Waals surface area contributed by atoms with Crippen LogP contribution >= 0.6 is 0 Å². The molecule has 4 rings (SSSR count). The van der Waals surface area contributed by atoms with E-state index in [0.29, 0.717) is 26.3 Å². The van der Waals surface area contributed by atoms with Crippen LogP contribution < -0.4 is 22.1 Å². The summed E-state index contributed by atoms with van der Waals surface area (Å²) >= 11 is 0. The fraction of sp³-hybridized carbons (Fsp3) is 1.00. The lowest BCUT2D eigenvalue weighted by atomic mass is 9.63. The second kappa shape index (κ2) is 39.8. The van der Waals surface area contributed by atoms with Gasteiger partial charge in [0.25, 0.3) is 0 Å². The van der Waals surface area contributed by atoms with Crippen LogP contribution in [0.25, 0.3) is 0 Å². The molecule has 8 unspecified atom stereocenters. The van der Waals surface area contributed by atoms with Crippen LogP contribution in [-0.2, 0) is 47.8 Å². The van der Waals surface area contributed by atoms with Crippen molar-refractivity contribution in [2.75, 3.05) is 133 Å². The Kier molecular flexibility index (Phi) is 40.2. The average Bonchev–Trinajstić information content (AvgIpc) is 4.19. The summed E-state index contributed by atoms with van der Waals surface area (Å²) in [6, 6.07) is 0.499. The minimum Gasteiger partial charge on any atom is -0.389 e. The highest BCUT2D eigenvalue weighted by Gasteiger charge is 2.41. The van der Waals surface area contributed by atoms with E-state index >= 15 is 0 Å². The number of ether oxygens (including phenoxy) is 8. The van der Waals surface area contributed by atoms with Gasteiger partial charge in [0.15, 0.2) is 40.7 Å². The zero-order chi connectivity index (χ0) is 55.3. The van der Waals surface area contributed by atoms with Crippen molar-refractivity contribution in [1.29, 1.82) is 0 Å². The van der Waals surface area contributed by atoms with Crippen LogP contribution in [0.3, 0.4) is 0 Å². The quantitative estimate of drug-likeness (QED) is 0.0259. The molecule has 0 aromatic carbocycles. The average molecular weight is 1090 g/mol. The first-order valence-corrected chi connectivity index (χ1v) is 23.3. The van der Waals surface area contributed by atoms with Crippen LogP contribution in [0.2, 0.25) is 0 Å². The Bertz CT molecular complexity index is 1250. The van der Waals surface area contributed by atoms with Gasteiger partial charge in [0.2, 0.25) is 0 Å². The molecule has 436 valence electrons. The van der Waals surface area contributed by atoms with E-state index in [1.54, 1.807) is 0 Å². The van der Waals surface area contributed by atoms with Crippen molar-refractivity contribution in [2.45, 2.75) is 129 Å². The monoisotopic (exact) mass is 1090 g/mol. The highest BCUT2D eigenvalue weighted by molar-refractivity contribution is 4.95. The summed E-state index contributed by atoms with van der Waals surface area (Å²) in [5.74, 6) is 0. The fourth-order valence-electron chi connectivity index (χ4n) is 8.50. The van der Waals surface area contributed by atoms with Crippen molar-refractivity contribution in [1.82, 2.24) is 10.6 Å². The largest absolute Gasteiger partial charge is 0.389 e. The van der Waals surface area contributed by atoms with Gasteiger partial charge < -0.3 is 60.7 Å². The summed E-state index contributed by atoms with van der Waals surface area (Å²) in [5, 5.41) is 25.8. The number of nitrogens with one attached hydrogen (secondary N) is 2. The van der Waals surface area contributed by atoms with Gasteiger partial charge in [-0.2, -0.15) is 27.4 Å². The van der Waals surface area contributed by atoms with Gasteiger partial charge in [-0.25, -0.2) is 26.3 Å². The lowest BCUT2D eigenvalue weighted by Crippen LogP contribution is -2.47. The molecule has 4 aliphatic rings. The first-order valence-electron chi connectivity index (χ1n) is 23.3. The van der Waals surface area contributed by atoms with Gasteiger partial charge in [-0.15, -0.1) is 0 Å². The van der Waals surface area contributed by atoms with Gasteiger partial charge in [0.1, 0.15) is 25.6 Å². The number of rotatable bonds is 30. The summed E-state index contributed by atoms with van der Waals surface area (Å²) in [7, 11) is 0. The number of hydrogen-bond acceptors (Lipinski definition) is 16. The van der Waals surface area contributed by atoms with Crippen LogP contribution in [-0.4, -0.2) is 192 Å². The predicted octanol–water partition coefficient (Wildman–Crippen LogP) is 6.44. The number of epoxide rings is 2. The Morgan fingerprint density at radius 1 is 0.569 bits per heavy atom. The SMILES string of the molecule is CC1(C)CC(N)CC(C)(CNCC(O)COCCF)C1.CC1(C)CC(N)CC(C)(CNCC(O)COCF)C1.FCCOCC1CO1.FCOC(F)(F)COF.FCOC(F)(F)COF.FCOCC1CO1. The van der Waals surface area contributed by atoms with E-state index in [9.17, 15) is 63.2 Å². The highest BCUT2D eigenvalue weighted by atomic mass is 19.3. The maximum Gasteiger partial charge on any atom is 0.384 e. The molecule has 0 spiro atoms. The second-order valence-corrected chi connectivity index (χ2v) is 19.9. The molecule has 0 radical (unpaired) electrons. The molecule has 8 atom stereocenters. The molecular formula is C44H84F12N4O12. The third kappa shape index (κ3) is 43.7. The maximum absolute atomic E-state index is 11.9. The first kappa shape index (κ1) is 72.6. The number of halogens is 12. The zero-order valence-corrected chi connectivity index (χ0v) is 42.5. The van der Waals surface area contributed by atoms with E-state index < -0.39 is 78.4 Å². The molecule has 2 saturated carbocycles. The second-order valence-electron chi connectivity index (χ2n) is 19.9. The lowest BCUT2D eigenvalue weighted by molar-refractivity contribution is -0.313. The molecule has 8 N–H and O–H groups in total. The molecule has 2 heterocycles. The summed E-state index contributed by atoms with van der Waals surface area (Å²) in [6.07, 6.45) is -2.13. The molecule has 0 aromatic rings. The Morgan fingerprint density at radius 2 is 0.931 bits per heavy atom. The molecule has 2 saturated heterocycles. The molecule has 72 heavy (non-hydrogen) atoms. The van der Waals surface area contributed by atoms with Crippen LogP contribution in [0.5, 0.6) is 0 Å². The Hall–Kier alpha value is -1.48. The third-order valence-corrected chi connectivity index (χ3v) is 10.4. The van der Waals surface area contributed by atoms with Crippen LogP contribution in [0.15, 0.2) is 0 Å². The standard InChI is InChI=1S/C15H31FN2O2.C14H29FN2O2.C5H9FO2.C4H7FO2.2C3H4F4O2/c1-14(2)6-12(17)7-15(3,10-14)11-18-8-13(19)9-20-5-4-16;1-13(2)4-11(16)5-14(3,8-13)9-17-6-12(18)7-19-10-15;6-1-2-7-3-5-4-8-5;5-3-6-1-4-2-7-4;2*4-2-8-3(5,6)1-9-7/h12-13,18-19H,4-11,17H2,1-3H3;11-12,17-18H,4-10,16H2,1-3H3;5H,1-4H2;4H,1-3H2;2*1-2H2. The van der Waals surface area contributed by atoms with Gasteiger partial charge in [-0.05, 0) is 69.2 Å². The van der Waals surface area contributed by atoms with E-state index in [1.807, 2.05) is 0 Å². The molecular weight excluding hydrogens is 1000 g/mol. The van der Waals surface area contributed by atoms with Crippen molar-refractivity contribution >= 4 is 0 Å². The lowest BCUT2D eigenvalue weighted by Gasteiger charge is -2.46. The Morgan fingerprint density at radius 3 is 1.25 bits per heavy atom. The molecule has 2 aliphatic heterocycles. The van der Waals surface area contributed by atoms with Crippen molar-refractivity contribution in [3.05, 3.63) is 0 Å². The van der Waals surface area contributed by atoms with Crippen molar-refractivity contribution in [3.63, 3.8) is 0 Å². The molecule has 28 heteroatoms. The van der Waals surface area contributed by atoms with Crippen LogP contribution in [0.4, 0.5) is 53.0 Å². The third-order valence-electron chi connectivity index (χ3n) is 10.4. The smallest absolute Gasteiger partial charge is 0.384 e. The molecule has 0 amide bonds. The molecule has 16 nitrogen and oxygen atoms in total. The van der Waals surface area contributed by atoms with Crippen LogP contribution in [0.1, 0.15) is 80.1 Å². The van der Waals surface area contributed by atoms with Gasteiger partial charge in [-0.1, -0.05) is 41.5 Å². The summed E-state index contributed by atoms with van der Waals surface area (Å²) < 4.78 is 170. The molecule has 2 aliphatic carbocycles. The van der Waals surface area contributed by atoms with E-state index in [2.05, 4.69) is 81.0 Å². The summed E-state index contributed by atoms with van der Waals surface area (Å²) in [4.78, 5) is 5.04. The minimum absolute atomic E-state index is 0.0330. The predicted molar refractivity (Wildman–Crippen MR) is 240 cm³/mol. The first-order chi connectivity index (χ1) is 33.6. The zero-order valence-electron chi connectivity index (χ0n) is 42.5. The highest BCUT2D eigenvalue weighted by Crippen LogP contribution is 2.46. The van der Waals surface area contributed by atoms with Gasteiger partial charge in [0, 0.05) is 38.3 Å². The molecule has 0 bridgehead atoms. The Balaban J connectivity index is 0. The Labute approximate surface area is 416 Å². The van der Waals surface area contributed by atoms with Crippen molar-refractivity contribution in [3.8, 4) is 0 Å². The van der Waals surface area contributed by atoms with E-state index in [-0.39, 0.29) is 72.4 Å². The number of aliphatic hydroxyl groups excluding tert-OH is 2. The van der Waals surface area contributed by atoms with Crippen molar-refractivity contribution < 1.29 is 111 Å². The topological polar surface area (TPSA) is 215 Å². The van der Waals surface area contributed by atoms with Crippen LogP contribution in [0, 0.1) is 21.7 Å². The number of hydrogen-bond donors (Lipinski definition) is 6. The van der Waals surface area contributed by atoms with E-state index in [1.165, 1.54) is 0 Å². The minimum atomic E-state index is -3.87. The number of nitrogens with two attached hydrogens (primary N) is 2. The normalized spacial score (nSPS) is 25.8. The number of aliphatic hydroxyl groups is 2. The molecule has 0 aromatic heterocycles. The van der Waals surface area contributed by atoms with Gasteiger partial charge in [-0.3, -0.25) is 9.47 Å². The van der Waals surface area contributed by atoms with E-state index in [4.69, 9.17) is 30.4 Å². The van der Waals surface area contributed by atoms with E-state index in [0.717, 1.165) is 64.8 Å².